The lowest BCUT2D eigenvalue weighted by molar-refractivity contribution is -0.131. The second-order valence-electron chi connectivity index (χ2n) is 8.39. The smallest absolute Gasteiger partial charge is 0.319 e. The van der Waals surface area contributed by atoms with E-state index in [4.69, 9.17) is 0 Å². The third-order valence-electron chi connectivity index (χ3n) is 5.44. The van der Waals surface area contributed by atoms with Crippen LogP contribution in [0, 0.1) is 0 Å². The molecule has 0 aromatic heterocycles. The van der Waals surface area contributed by atoms with Gasteiger partial charge in [0.15, 0.2) is 0 Å². The predicted octanol–water partition coefficient (Wildman–Crippen LogP) is 2.85. The van der Waals surface area contributed by atoms with Gasteiger partial charge in [0, 0.05) is 13.1 Å². The first-order valence-corrected chi connectivity index (χ1v) is 9.19. The van der Waals surface area contributed by atoms with Crippen molar-refractivity contribution in [3.05, 3.63) is 35.4 Å². The van der Waals surface area contributed by atoms with Crippen LogP contribution in [0.2, 0.25) is 0 Å². The van der Waals surface area contributed by atoms with Gasteiger partial charge in [0.2, 0.25) is 0 Å². The Bertz CT molecular complexity index is 657. The molecular weight excluding hydrogens is 314 g/mol. The van der Waals surface area contributed by atoms with E-state index in [1.165, 1.54) is 23.3 Å². The first kappa shape index (κ1) is 17.9. The van der Waals surface area contributed by atoms with Gasteiger partial charge >= 0.3 is 6.03 Å². The fraction of sp³-hybridized carbons (Fsp3) is 0.600. The van der Waals surface area contributed by atoms with Crippen molar-refractivity contribution in [2.45, 2.75) is 51.5 Å². The lowest BCUT2D eigenvalue weighted by Gasteiger charge is -2.25. The van der Waals surface area contributed by atoms with E-state index in [0.717, 1.165) is 25.2 Å². The summed E-state index contributed by atoms with van der Waals surface area (Å²) in [4.78, 5) is 29.0. The highest BCUT2D eigenvalue weighted by Crippen LogP contribution is 2.31. The van der Waals surface area contributed by atoms with Gasteiger partial charge in [-0.3, -0.25) is 9.69 Å². The molecule has 2 aliphatic rings. The number of carbonyl (C=O) groups excluding carboxylic acids is 2. The molecule has 1 aromatic carbocycles. The van der Waals surface area contributed by atoms with E-state index in [1.54, 1.807) is 6.92 Å². The van der Waals surface area contributed by atoms with Crippen LogP contribution >= 0.6 is 0 Å². The molecular formula is C20H29N3O2. The molecule has 0 saturated carbocycles. The third kappa shape index (κ3) is 3.43. The van der Waals surface area contributed by atoms with E-state index in [1.807, 2.05) is 24.3 Å². The Hall–Kier alpha value is -1.88. The quantitative estimate of drug-likeness (QED) is 0.855. The van der Waals surface area contributed by atoms with Gasteiger partial charge in [0.05, 0.1) is 0 Å². The van der Waals surface area contributed by atoms with Crippen LogP contribution < -0.4 is 5.32 Å². The molecule has 0 spiro atoms. The zero-order chi connectivity index (χ0) is 18.2. The first-order chi connectivity index (χ1) is 11.7. The lowest BCUT2D eigenvalue weighted by atomic mass is 9.84. The zero-order valence-corrected chi connectivity index (χ0v) is 15.8. The van der Waals surface area contributed by atoms with Crippen LogP contribution in [0.25, 0.3) is 0 Å². The number of hydrogen-bond donors (Lipinski definition) is 1. The maximum Gasteiger partial charge on any atom is 0.325 e. The van der Waals surface area contributed by atoms with Crippen molar-refractivity contribution < 1.29 is 9.59 Å². The Balaban J connectivity index is 1.74. The minimum atomic E-state index is -0.974. The van der Waals surface area contributed by atoms with Crippen molar-refractivity contribution in [3.63, 3.8) is 0 Å². The second-order valence-corrected chi connectivity index (χ2v) is 8.39. The standard InChI is InChI=1S/C20H29N3O2/c1-19(2,3)15-7-9-16(10-8-15)20(4)17(24)23(18(25)21-20)14-13-22-11-5-6-12-22/h7-10H,5-6,11-14H2,1-4H3,(H,21,25). The molecule has 1 aromatic rings. The number of hydrogen-bond acceptors (Lipinski definition) is 3. The summed E-state index contributed by atoms with van der Waals surface area (Å²) >= 11 is 0. The molecule has 2 fully saturated rings. The fourth-order valence-electron chi connectivity index (χ4n) is 3.65. The zero-order valence-electron chi connectivity index (χ0n) is 15.8. The average Bonchev–Trinajstić information content (AvgIpc) is 3.14. The highest BCUT2D eigenvalue weighted by atomic mass is 16.2. The molecule has 1 N–H and O–H groups in total. The predicted molar refractivity (Wildman–Crippen MR) is 98.4 cm³/mol. The monoisotopic (exact) mass is 343 g/mol. The van der Waals surface area contributed by atoms with Gasteiger partial charge in [0.25, 0.3) is 5.91 Å². The first-order valence-electron chi connectivity index (χ1n) is 9.19. The van der Waals surface area contributed by atoms with Gasteiger partial charge in [-0.05, 0) is 49.4 Å². The molecule has 0 bridgehead atoms. The Morgan fingerprint density at radius 2 is 1.64 bits per heavy atom. The highest BCUT2D eigenvalue weighted by molar-refractivity contribution is 6.07. The summed E-state index contributed by atoms with van der Waals surface area (Å²) < 4.78 is 0. The normalized spacial score (nSPS) is 24.9. The van der Waals surface area contributed by atoms with Crippen molar-refractivity contribution in [2.75, 3.05) is 26.2 Å². The number of benzene rings is 1. The summed E-state index contributed by atoms with van der Waals surface area (Å²) in [5.41, 5.74) is 1.13. The minimum Gasteiger partial charge on any atom is -0.319 e. The van der Waals surface area contributed by atoms with Crippen LogP contribution in [0.15, 0.2) is 24.3 Å². The van der Waals surface area contributed by atoms with Crippen molar-refractivity contribution >= 4 is 11.9 Å². The maximum absolute atomic E-state index is 12.9. The summed E-state index contributed by atoms with van der Waals surface area (Å²) in [5, 5.41) is 2.90. The Kier molecular flexibility index (Phi) is 4.62. The number of likely N-dealkylation sites (tertiary alicyclic amines) is 1. The summed E-state index contributed by atoms with van der Waals surface area (Å²) in [6, 6.07) is 7.73. The van der Waals surface area contributed by atoms with Crippen molar-refractivity contribution in [3.8, 4) is 0 Å². The van der Waals surface area contributed by atoms with Crippen LogP contribution in [0.4, 0.5) is 4.79 Å². The van der Waals surface area contributed by atoms with E-state index in [-0.39, 0.29) is 17.4 Å². The van der Waals surface area contributed by atoms with E-state index in [9.17, 15) is 9.59 Å². The molecule has 25 heavy (non-hydrogen) atoms. The van der Waals surface area contributed by atoms with Crippen LogP contribution in [-0.2, 0) is 15.7 Å². The molecule has 0 radical (unpaired) electrons. The lowest BCUT2D eigenvalue weighted by Crippen LogP contribution is -2.42. The minimum absolute atomic E-state index is 0.0597. The summed E-state index contributed by atoms with van der Waals surface area (Å²) in [6.45, 7) is 11.6. The van der Waals surface area contributed by atoms with Gasteiger partial charge in [-0.15, -0.1) is 0 Å². The number of urea groups is 1. The number of nitrogens with zero attached hydrogens (tertiary/aromatic N) is 2. The Labute approximate surface area is 150 Å². The van der Waals surface area contributed by atoms with Gasteiger partial charge in [-0.25, -0.2) is 4.79 Å². The second kappa shape index (κ2) is 6.45. The SMILES string of the molecule is CC(C)(C)c1ccc(C2(C)NC(=O)N(CCN3CCCC3)C2=O)cc1. The van der Waals surface area contributed by atoms with E-state index >= 15 is 0 Å². The van der Waals surface area contributed by atoms with Crippen molar-refractivity contribution in [2.24, 2.45) is 0 Å². The van der Waals surface area contributed by atoms with Gasteiger partial charge < -0.3 is 10.2 Å². The third-order valence-corrected chi connectivity index (χ3v) is 5.44. The number of carbonyl (C=O) groups is 2. The van der Waals surface area contributed by atoms with Crippen molar-refractivity contribution in [1.29, 1.82) is 0 Å². The summed E-state index contributed by atoms with van der Waals surface area (Å²) in [6.07, 6.45) is 2.41. The molecule has 0 aliphatic carbocycles. The molecule has 1 atom stereocenters. The van der Waals surface area contributed by atoms with E-state index in [0.29, 0.717) is 6.54 Å². The molecule has 2 aliphatic heterocycles. The summed E-state index contributed by atoms with van der Waals surface area (Å²) in [7, 11) is 0. The van der Waals surface area contributed by atoms with Crippen LogP contribution in [-0.4, -0.2) is 47.9 Å². The van der Waals surface area contributed by atoms with Crippen LogP contribution in [0.1, 0.15) is 51.7 Å². The number of imide groups is 1. The van der Waals surface area contributed by atoms with Gasteiger partial charge in [-0.1, -0.05) is 45.0 Å². The topological polar surface area (TPSA) is 52.7 Å². The molecule has 5 heteroatoms. The molecule has 3 amide bonds. The van der Waals surface area contributed by atoms with Crippen LogP contribution in [0.3, 0.4) is 0 Å². The molecule has 5 nitrogen and oxygen atoms in total. The maximum atomic E-state index is 12.9. The molecule has 3 rings (SSSR count). The average molecular weight is 343 g/mol. The van der Waals surface area contributed by atoms with E-state index in [2.05, 4.69) is 31.0 Å². The van der Waals surface area contributed by atoms with Gasteiger partial charge in [-0.2, -0.15) is 0 Å². The molecule has 2 saturated heterocycles. The molecule has 1 unspecified atom stereocenters. The Morgan fingerprint density at radius 3 is 2.20 bits per heavy atom. The van der Waals surface area contributed by atoms with Gasteiger partial charge in [0.1, 0.15) is 5.54 Å². The van der Waals surface area contributed by atoms with Crippen LogP contribution in [0.5, 0.6) is 0 Å². The number of amides is 3. The fourth-order valence-corrected chi connectivity index (χ4v) is 3.65. The number of rotatable bonds is 4. The largest absolute Gasteiger partial charge is 0.325 e. The Morgan fingerprint density at radius 1 is 1.04 bits per heavy atom. The molecule has 136 valence electrons. The molecule has 2 heterocycles. The highest BCUT2D eigenvalue weighted by Gasteiger charge is 2.48. The number of nitrogens with one attached hydrogen (secondary N) is 1. The van der Waals surface area contributed by atoms with Crippen molar-refractivity contribution in [1.82, 2.24) is 15.1 Å². The summed E-state index contributed by atoms with van der Waals surface area (Å²) in [5.74, 6) is -0.153. The van der Waals surface area contributed by atoms with E-state index < -0.39 is 5.54 Å².